The Morgan fingerprint density at radius 2 is 1.84 bits per heavy atom. The van der Waals surface area contributed by atoms with Crippen LogP contribution in [0.25, 0.3) is 22.3 Å². The Kier molecular flexibility index (Phi) is 5.45. The van der Waals surface area contributed by atoms with E-state index in [1.54, 1.807) is 16.7 Å². The van der Waals surface area contributed by atoms with E-state index >= 15 is 0 Å². The molecule has 0 unspecified atom stereocenters. The molecular formula is C19H20ClN3OS. The Morgan fingerprint density at radius 1 is 1.12 bits per heavy atom. The van der Waals surface area contributed by atoms with Gasteiger partial charge in [-0.05, 0) is 31.2 Å². The standard InChI is InChI=1S/C19H20ClN3OS/c1-4-12(5-2)23-16(24)11-10-14-17(13-8-6-7-9-15(13)20)21-19(25-3)22-18(14)23/h6-12H,4-5H2,1-3H3. The zero-order chi connectivity index (χ0) is 18.0. The van der Waals surface area contributed by atoms with Gasteiger partial charge in [0.25, 0.3) is 5.56 Å². The van der Waals surface area contributed by atoms with E-state index in [0.29, 0.717) is 15.8 Å². The van der Waals surface area contributed by atoms with Gasteiger partial charge in [-0.2, -0.15) is 0 Å². The minimum Gasteiger partial charge on any atom is -0.289 e. The molecule has 0 saturated carbocycles. The van der Waals surface area contributed by atoms with Gasteiger partial charge in [-0.3, -0.25) is 9.36 Å². The number of hydrogen-bond acceptors (Lipinski definition) is 4. The van der Waals surface area contributed by atoms with E-state index in [1.165, 1.54) is 11.8 Å². The summed E-state index contributed by atoms with van der Waals surface area (Å²) in [7, 11) is 0. The number of benzene rings is 1. The quantitative estimate of drug-likeness (QED) is 0.455. The minimum atomic E-state index is -0.0305. The predicted molar refractivity (Wildman–Crippen MR) is 106 cm³/mol. The van der Waals surface area contributed by atoms with Crippen LogP contribution < -0.4 is 5.56 Å². The van der Waals surface area contributed by atoms with Gasteiger partial charge in [0.15, 0.2) is 5.16 Å². The van der Waals surface area contributed by atoms with Gasteiger partial charge in [0.2, 0.25) is 0 Å². The Balaban J connectivity index is 2.42. The van der Waals surface area contributed by atoms with Crippen LogP contribution in [-0.4, -0.2) is 20.8 Å². The summed E-state index contributed by atoms with van der Waals surface area (Å²) in [4.78, 5) is 21.9. The molecular weight excluding hydrogens is 354 g/mol. The second-order valence-electron chi connectivity index (χ2n) is 5.79. The molecule has 0 bridgehead atoms. The molecule has 0 fully saturated rings. The average molecular weight is 374 g/mol. The molecule has 0 N–H and O–H groups in total. The van der Waals surface area contributed by atoms with Crippen molar-refractivity contribution in [3.8, 4) is 11.3 Å². The molecule has 0 atom stereocenters. The molecule has 0 aliphatic carbocycles. The largest absolute Gasteiger partial charge is 0.289 e. The minimum absolute atomic E-state index is 0.0305. The highest BCUT2D eigenvalue weighted by Gasteiger charge is 2.18. The van der Waals surface area contributed by atoms with Gasteiger partial charge >= 0.3 is 0 Å². The summed E-state index contributed by atoms with van der Waals surface area (Å²) in [6.07, 6.45) is 3.67. The van der Waals surface area contributed by atoms with Gasteiger partial charge in [0.1, 0.15) is 5.65 Å². The summed E-state index contributed by atoms with van der Waals surface area (Å²) in [5.41, 5.74) is 2.26. The highest BCUT2D eigenvalue weighted by atomic mass is 35.5. The van der Waals surface area contributed by atoms with Gasteiger partial charge < -0.3 is 0 Å². The second-order valence-corrected chi connectivity index (χ2v) is 6.97. The SMILES string of the molecule is CCC(CC)n1c(=O)ccc2c(-c3ccccc3Cl)nc(SC)nc21. The smallest absolute Gasteiger partial charge is 0.252 e. The number of fused-ring (bicyclic) bond motifs is 1. The van der Waals surface area contributed by atoms with Gasteiger partial charge in [0, 0.05) is 28.1 Å². The van der Waals surface area contributed by atoms with Crippen molar-refractivity contribution >= 4 is 34.4 Å². The molecule has 0 spiro atoms. The van der Waals surface area contributed by atoms with E-state index in [0.717, 1.165) is 29.5 Å². The van der Waals surface area contributed by atoms with Crippen LogP contribution in [0.3, 0.4) is 0 Å². The van der Waals surface area contributed by atoms with Gasteiger partial charge in [-0.15, -0.1) is 0 Å². The molecule has 4 nitrogen and oxygen atoms in total. The van der Waals surface area contributed by atoms with Gasteiger partial charge in [-0.25, -0.2) is 9.97 Å². The Hall–Kier alpha value is -1.85. The van der Waals surface area contributed by atoms with Gasteiger partial charge in [-0.1, -0.05) is 55.4 Å². The van der Waals surface area contributed by atoms with Crippen LogP contribution in [-0.2, 0) is 0 Å². The molecule has 25 heavy (non-hydrogen) atoms. The number of rotatable bonds is 5. The van der Waals surface area contributed by atoms with E-state index < -0.39 is 0 Å². The zero-order valence-corrected chi connectivity index (χ0v) is 16.1. The van der Waals surface area contributed by atoms with Crippen LogP contribution in [0.2, 0.25) is 5.02 Å². The molecule has 3 rings (SSSR count). The summed E-state index contributed by atoms with van der Waals surface area (Å²) in [6.45, 7) is 4.18. The van der Waals surface area contributed by atoms with E-state index in [9.17, 15) is 4.79 Å². The number of hydrogen-bond donors (Lipinski definition) is 0. The van der Waals surface area contributed by atoms with Crippen LogP contribution in [0.15, 0.2) is 46.3 Å². The van der Waals surface area contributed by atoms with Crippen LogP contribution in [0.1, 0.15) is 32.7 Å². The molecule has 2 aromatic heterocycles. The summed E-state index contributed by atoms with van der Waals surface area (Å²) in [6, 6.07) is 11.1. The number of pyridine rings is 1. The lowest BCUT2D eigenvalue weighted by Crippen LogP contribution is -2.25. The van der Waals surface area contributed by atoms with E-state index in [4.69, 9.17) is 11.6 Å². The maximum absolute atomic E-state index is 12.6. The van der Waals surface area contributed by atoms with E-state index in [-0.39, 0.29) is 11.6 Å². The first-order valence-electron chi connectivity index (χ1n) is 8.32. The molecule has 0 radical (unpaired) electrons. The van der Waals surface area contributed by atoms with Crippen LogP contribution in [0.5, 0.6) is 0 Å². The maximum Gasteiger partial charge on any atom is 0.252 e. The Labute approximate surface area is 156 Å². The number of halogens is 1. The highest BCUT2D eigenvalue weighted by molar-refractivity contribution is 7.98. The van der Waals surface area contributed by atoms with Crippen LogP contribution >= 0.6 is 23.4 Å². The number of thioether (sulfide) groups is 1. The lowest BCUT2D eigenvalue weighted by molar-refractivity contribution is 0.469. The molecule has 0 saturated heterocycles. The van der Waals surface area contributed by atoms with E-state index in [1.807, 2.05) is 30.5 Å². The third kappa shape index (κ3) is 3.31. The topological polar surface area (TPSA) is 47.8 Å². The molecule has 1 aromatic carbocycles. The first-order chi connectivity index (χ1) is 12.1. The summed E-state index contributed by atoms with van der Waals surface area (Å²) in [5.74, 6) is 0. The van der Waals surface area contributed by atoms with Crippen molar-refractivity contribution in [2.45, 2.75) is 37.9 Å². The Morgan fingerprint density at radius 3 is 2.48 bits per heavy atom. The van der Waals surface area contributed by atoms with Crippen molar-refractivity contribution < 1.29 is 0 Å². The van der Waals surface area contributed by atoms with Crippen molar-refractivity contribution in [1.29, 1.82) is 0 Å². The Bertz CT molecular complexity index is 967. The van der Waals surface area contributed by atoms with Crippen molar-refractivity contribution in [2.24, 2.45) is 0 Å². The van der Waals surface area contributed by atoms with E-state index in [2.05, 4.69) is 23.8 Å². The molecule has 2 heterocycles. The zero-order valence-electron chi connectivity index (χ0n) is 14.5. The lowest BCUT2D eigenvalue weighted by Gasteiger charge is -2.19. The molecule has 6 heteroatoms. The predicted octanol–water partition coefficient (Wildman–Crippen LogP) is 5.19. The molecule has 3 aromatic rings. The average Bonchev–Trinajstić information content (AvgIpc) is 2.63. The van der Waals surface area contributed by atoms with Crippen molar-refractivity contribution in [3.05, 3.63) is 51.8 Å². The normalized spacial score (nSPS) is 11.4. The second kappa shape index (κ2) is 7.58. The molecule has 0 amide bonds. The summed E-state index contributed by atoms with van der Waals surface area (Å²) >= 11 is 7.87. The summed E-state index contributed by atoms with van der Waals surface area (Å²) in [5, 5.41) is 2.11. The first-order valence-corrected chi connectivity index (χ1v) is 9.93. The maximum atomic E-state index is 12.6. The third-order valence-electron chi connectivity index (χ3n) is 4.38. The fraction of sp³-hybridized carbons (Fsp3) is 0.316. The molecule has 0 aliphatic rings. The molecule has 130 valence electrons. The summed E-state index contributed by atoms with van der Waals surface area (Å²) < 4.78 is 1.80. The highest BCUT2D eigenvalue weighted by Crippen LogP contribution is 2.33. The fourth-order valence-corrected chi connectivity index (χ4v) is 3.66. The van der Waals surface area contributed by atoms with Crippen molar-refractivity contribution in [2.75, 3.05) is 6.26 Å². The number of aromatic nitrogens is 3. The van der Waals surface area contributed by atoms with Crippen LogP contribution in [0.4, 0.5) is 0 Å². The third-order valence-corrected chi connectivity index (χ3v) is 5.26. The monoisotopic (exact) mass is 373 g/mol. The van der Waals surface area contributed by atoms with Crippen molar-refractivity contribution in [1.82, 2.24) is 14.5 Å². The molecule has 0 aliphatic heterocycles. The fourth-order valence-electron chi connectivity index (χ4n) is 3.07. The number of nitrogens with zero attached hydrogens (tertiary/aromatic N) is 3. The van der Waals surface area contributed by atoms with Crippen molar-refractivity contribution in [3.63, 3.8) is 0 Å². The lowest BCUT2D eigenvalue weighted by atomic mass is 10.1. The van der Waals surface area contributed by atoms with Crippen LogP contribution in [0, 0.1) is 0 Å². The first kappa shape index (κ1) is 18.0. The van der Waals surface area contributed by atoms with Gasteiger partial charge in [0.05, 0.1) is 5.69 Å².